The molecule has 0 bridgehead atoms. The van der Waals surface area contributed by atoms with Crippen LogP contribution in [-0.2, 0) is 0 Å². The van der Waals surface area contributed by atoms with Crippen molar-refractivity contribution in [2.45, 2.75) is 26.7 Å². The smallest absolute Gasteiger partial charge is 0.165 e. The average molecular weight is 376 g/mol. The number of halogens is 2. The maximum atomic E-state index is 13.8. The highest BCUT2D eigenvalue weighted by Gasteiger charge is 2.13. The van der Waals surface area contributed by atoms with Gasteiger partial charge in [-0.2, -0.15) is 0 Å². The van der Waals surface area contributed by atoms with Crippen molar-refractivity contribution in [2.24, 2.45) is 9.98 Å². The molecule has 0 saturated carbocycles. The van der Waals surface area contributed by atoms with Gasteiger partial charge in [0, 0.05) is 30.4 Å². The molecule has 1 aromatic rings. The number of alkyl halides is 1. The van der Waals surface area contributed by atoms with Gasteiger partial charge in [0.2, 0.25) is 0 Å². The van der Waals surface area contributed by atoms with E-state index in [9.17, 15) is 4.39 Å². The van der Waals surface area contributed by atoms with Crippen LogP contribution in [0.3, 0.4) is 0 Å². The van der Waals surface area contributed by atoms with Crippen LogP contribution < -0.4 is 5.32 Å². The largest absolute Gasteiger partial charge is 0.387 e. The molecule has 140 valence electrons. The molecule has 0 aromatic heterocycles. The third-order valence-electron chi connectivity index (χ3n) is 3.81. The van der Waals surface area contributed by atoms with Gasteiger partial charge in [-0.25, -0.2) is 9.38 Å². The molecule has 0 heterocycles. The van der Waals surface area contributed by atoms with Gasteiger partial charge in [-0.15, -0.1) is 0 Å². The summed E-state index contributed by atoms with van der Waals surface area (Å²) in [6.45, 7) is 11.4. The maximum Gasteiger partial charge on any atom is 0.165 e. The molecule has 0 unspecified atom stereocenters. The van der Waals surface area contributed by atoms with Gasteiger partial charge in [-0.05, 0) is 31.7 Å². The van der Waals surface area contributed by atoms with E-state index in [1.165, 1.54) is 0 Å². The Kier molecular flexibility index (Phi) is 9.60. The Morgan fingerprint density at radius 3 is 2.46 bits per heavy atom. The van der Waals surface area contributed by atoms with E-state index < -0.39 is 6.67 Å². The zero-order valence-corrected chi connectivity index (χ0v) is 16.5. The molecular formula is C21H27ClFN3. The number of allylic oxidation sites excluding steroid dienone is 3. The van der Waals surface area contributed by atoms with Crippen molar-refractivity contribution in [3.8, 4) is 0 Å². The topological polar surface area (TPSA) is 36.8 Å². The first-order valence-electron chi connectivity index (χ1n) is 8.60. The lowest BCUT2D eigenvalue weighted by atomic mass is 9.97. The first-order valence-corrected chi connectivity index (χ1v) is 8.98. The van der Waals surface area contributed by atoms with Crippen molar-refractivity contribution in [2.75, 3.05) is 20.3 Å². The maximum absolute atomic E-state index is 13.8. The highest BCUT2D eigenvalue weighted by molar-refractivity contribution is 6.43. The van der Waals surface area contributed by atoms with Crippen molar-refractivity contribution < 1.29 is 4.39 Å². The van der Waals surface area contributed by atoms with Crippen LogP contribution in [0, 0.1) is 0 Å². The Hall–Kier alpha value is -2.20. The second-order valence-electron chi connectivity index (χ2n) is 5.82. The second kappa shape index (κ2) is 11.4. The highest BCUT2D eigenvalue weighted by Crippen LogP contribution is 2.26. The van der Waals surface area contributed by atoms with E-state index in [0.717, 1.165) is 29.5 Å². The Balaban J connectivity index is 3.42. The molecule has 1 N–H and O–H groups in total. The van der Waals surface area contributed by atoms with Crippen LogP contribution in [0.25, 0.3) is 11.3 Å². The van der Waals surface area contributed by atoms with E-state index in [1.54, 1.807) is 13.1 Å². The fraction of sp³-hybridized carbons (Fsp3) is 0.333. The molecule has 0 spiro atoms. The number of rotatable bonds is 9. The zero-order valence-electron chi connectivity index (χ0n) is 15.8. The number of nitrogens with zero attached hydrogens (tertiary/aromatic N) is 2. The average Bonchev–Trinajstić information content (AvgIpc) is 2.65. The molecule has 1 rings (SSSR count). The second-order valence-corrected chi connectivity index (χ2v) is 6.23. The van der Waals surface area contributed by atoms with Gasteiger partial charge in [0.05, 0.1) is 5.03 Å². The third kappa shape index (κ3) is 5.95. The van der Waals surface area contributed by atoms with Gasteiger partial charge in [-0.1, -0.05) is 61.4 Å². The van der Waals surface area contributed by atoms with E-state index in [2.05, 4.69) is 35.5 Å². The van der Waals surface area contributed by atoms with Crippen molar-refractivity contribution in [3.63, 3.8) is 0 Å². The fourth-order valence-electron chi connectivity index (χ4n) is 2.48. The molecule has 0 aliphatic carbocycles. The Labute approximate surface area is 161 Å². The number of aliphatic imine (C=N–C) groups is 2. The summed E-state index contributed by atoms with van der Waals surface area (Å²) >= 11 is 6.34. The molecule has 0 aliphatic rings. The van der Waals surface area contributed by atoms with E-state index in [0.29, 0.717) is 23.7 Å². The van der Waals surface area contributed by atoms with Gasteiger partial charge in [0.1, 0.15) is 6.67 Å². The normalized spacial score (nSPS) is 13.3. The minimum Gasteiger partial charge on any atom is -0.387 e. The summed E-state index contributed by atoms with van der Waals surface area (Å²) in [5, 5.41) is 3.36. The van der Waals surface area contributed by atoms with Crippen LogP contribution >= 0.6 is 11.6 Å². The third-order valence-corrected chi connectivity index (χ3v) is 4.09. The molecule has 0 atom stereocenters. The van der Waals surface area contributed by atoms with Crippen LogP contribution in [0.5, 0.6) is 0 Å². The van der Waals surface area contributed by atoms with Crippen molar-refractivity contribution in [1.82, 2.24) is 5.32 Å². The lowest BCUT2D eigenvalue weighted by molar-refractivity contribution is 0.549. The molecule has 3 nitrogen and oxygen atoms in total. The minimum atomic E-state index is -0.684. The first kappa shape index (κ1) is 21.8. The molecule has 1 aromatic carbocycles. The number of hydrogen-bond donors (Lipinski definition) is 1. The fourth-order valence-corrected chi connectivity index (χ4v) is 2.73. The summed E-state index contributed by atoms with van der Waals surface area (Å²) < 4.78 is 13.8. The van der Waals surface area contributed by atoms with E-state index in [4.69, 9.17) is 11.6 Å². The number of amidine groups is 1. The number of hydrogen-bond acceptors (Lipinski definition) is 2. The Morgan fingerprint density at radius 1 is 1.31 bits per heavy atom. The van der Waals surface area contributed by atoms with Crippen LogP contribution in [0.2, 0.25) is 0 Å². The summed E-state index contributed by atoms with van der Waals surface area (Å²) in [6.07, 6.45) is 3.51. The summed E-state index contributed by atoms with van der Waals surface area (Å²) in [5.41, 5.74) is 3.79. The number of unbranched alkanes of at least 4 members (excludes halogenated alkanes) is 1. The Morgan fingerprint density at radius 2 is 1.96 bits per heavy atom. The van der Waals surface area contributed by atoms with Gasteiger partial charge < -0.3 is 5.32 Å². The molecule has 5 heteroatoms. The van der Waals surface area contributed by atoms with Crippen molar-refractivity contribution in [3.05, 3.63) is 58.7 Å². The summed E-state index contributed by atoms with van der Waals surface area (Å²) in [4.78, 5) is 8.20. The van der Waals surface area contributed by atoms with Crippen LogP contribution in [0.15, 0.2) is 57.5 Å². The minimum absolute atomic E-state index is 0.268. The van der Waals surface area contributed by atoms with Crippen molar-refractivity contribution in [1.29, 1.82) is 0 Å². The standard InChI is InChI=1S/C21H27ClFN3/c1-6-7-12-26-21(25-5)19(22)13-16(14-23)20(24-4)18-11-9-8-10-17(18)15(2)3/h8-11,13,24H,2,5-7,12,14H2,1,3-4H3. The van der Waals surface area contributed by atoms with E-state index in [1.807, 2.05) is 31.2 Å². The molecule has 26 heavy (non-hydrogen) atoms. The monoisotopic (exact) mass is 375 g/mol. The summed E-state index contributed by atoms with van der Waals surface area (Å²) in [7, 11) is 1.75. The van der Waals surface area contributed by atoms with Gasteiger partial charge in [0.15, 0.2) is 5.84 Å². The van der Waals surface area contributed by atoms with Gasteiger partial charge >= 0.3 is 0 Å². The molecule has 0 fully saturated rings. The number of nitrogens with one attached hydrogen (secondary N) is 1. The van der Waals surface area contributed by atoms with Crippen LogP contribution in [0.4, 0.5) is 4.39 Å². The molecule has 0 aliphatic heterocycles. The van der Waals surface area contributed by atoms with Crippen molar-refractivity contribution >= 4 is 35.4 Å². The number of benzene rings is 1. The SMILES string of the molecule is C=NC(=NCCCC)C(Cl)=CC(CF)=C(NC)c1ccccc1C(=C)C. The predicted molar refractivity (Wildman–Crippen MR) is 114 cm³/mol. The summed E-state index contributed by atoms with van der Waals surface area (Å²) in [5.74, 6) is 0.328. The molecular weight excluding hydrogens is 349 g/mol. The molecule has 0 amide bonds. The van der Waals surface area contributed by atoms with Gasteiger partial charge in [0.25, 0.3) is 0 Å². The lowest BCUT2D eigenvalue weighted by Crippen LogP contribution is -2.11. The molecule has 0 radical (unpaired) electrons. The first-order chi connectivity index (χ1) is 12.5. The molecule has 0 saturated heterocycles. The Bertz CT molecular complexity index is 733. The summed E-state index contributed by atoms with van der Waals surface area (Å²) in [6, 6.07) is 7.72. The quantitative estimate of drug-likeness (QED) is 0.258. The van der Waals surface area contributed by atoms with E-state index in [-0.39, 0.29) is 5.03 Å². The lowest BCUT2D eigenvalue weighted by Gasteiger charge is -2.16. The highest BCUT2D eigenvalue weighted by atomic mass is 35.5. The van der Waals surface area contributed by atoms with Crippen LogP contribution in [0.1, 0.15) is 37.8 Å². The van der Waals surface area contributed by atoms with Gasteiger partial charge in [-0.3, -0.25) is 4.99 Å². The zero-order chi connectivity index (χ0) is 19.5. The van der Waals surface area contributed by atoms with Crippen LogP contribution in [-0.4, -0.2) is 32.8 Å². The van der Waals surface area contributed by atoms with E-state index >= 15 is 0 Å². The predicted octanol–water partition coefficient (Wildman–Crippen LogP) is 5.64.